The highest BCUT2D eigenvalue weighted by molar-refractivity contribution is 5.92. The Kier molecular flexibility index (Phi) is 2.76. The molecule has 23 heavy (non-hydrogen) atoms. The number of rotatable bonds is 0. The number of aromatic nitrogens is 3. The molecule has 2 heterocycles. The smallest absolute Gasteiger partial charge is 0.282 e. The van der Waals surface area contributed by atoms with E-state index in [1.807, 2.05) is 24.4 Å². The predicted molar refractivity (Wildman–Crippen MR) is 85.9 cm³/mol. The molecule has 0 N–H and O–H groups in total. The molecule has 2 aromatic rings. The first-order chi connectivity index (χ1) is 10.9. The number of carbonyl (C=O) groups is 1. The van der Waals surface area contributed by atoms with Gasteiger partial charge in [0.25, 0.3) is 6.04 Å². The van der Waals surface area contributed by atoms with Crippen molar-refractivity contribution in [2.75, 3.05) is 0 Å². The number of aryl methyl sites for hydroxylation is 1. The number of ketones is 1. The first kappa shape index (κ1) is 14.4. The molecular weight excluding hydrogens is 288 g/mol. The van der Waals surface area contributed by atoms with Crippen molar-refractivity contribution in [2.45, 2.75) is 51.5 Å². The molecule has 4 rings (SSSR count). The van der Waals surface area contributed by atoms with Gasteiger partial charge in [0.2, 0.25) is 5.78 Å². The van der Waals surface area contributed by atoms with Crippen LogP contribution in [0.4, 0.5) is 0 Å². The molecule has 0 aromatic carbocycles. The van der Waals surface area contributed by atoms with Gasteiger partial charge in [0, 0.05) is 29.5 Å². The summed E-state index contributed by atoms with van der Waals surface area (Å²) in [6.07, 6.45) is 6.27. The Balaban J connectivity index is 1.94. The molecule has 0 saturated heterocycles. The van der Waals surface area contributed by atoms with Crippen molar-refractivity contribution < 1.29 is 4.79 Å². The van der Waals surface area contributed by atoms with E-state index < -0.39 is 11.5 Å². The fourth-order valence-corrected chi connectivity index (χ4v) is 4.95. The van der Waals surface area contributed by atoms with Gasteiger partial charge in [0.1, 0.15) is 0 Å². The molecule has 0 aliphatic heterocycles. The zero-order valence-electron chi connectivity index (χ0n) is 13.7. The Hall–Kier alpha value is -2.22. The van der Waals surface area contributed by atoms with Crippen LogP contribution in [0.3, 0.4) is 0 Å². The van der Waals surface area contributed by atoms with Gasteiger partial charge in [0.05, 0.1) is 11.9 Å². The topological polar surface area (TPSA) is 51.6 Å². The molecule has 5 heteroatoms. The van der Waals surface area contributed by atoms with Crippen LogP contribution in [0.15, 0.2) is 18.5 Å². The minimum absolute atomic E-state index is 0.101. The van der Waals surface area contributed by atoms with E-state index in [1.54, 1.807) is 6.20 Å². The summed E-state index contributed by atoms with van der Waals surface area (Å²) in [4.78, 5) is 21.2. The average Bonchev–Trinajstić information content (AvgIpc) is 2.97. The van der Waals surface area contributed by atoms with Gasteiger partial charge >= 0.3 is 0 Å². The maximum Gasteiger partial charge on any atom is 0.282 e. The molecule has 3 atom stereocenters. The number of fused-ring (bicyclic) bond motifs is 4. The van der Waals surface area contributed by atoms with Crippen LogP contribution >= 0.6 is 0 Å². The zero-order chi connectivity index (χ0) is 16.4. The second-order valence-corrected chi connectivity index (χ2v) is 7.69. The Labute approximate surface area is 135 Å². The minimum atomic E-state index is -0.555. The molecule has 0 bridgehead atoms. The van der Waals surface area contributed by atoms with Crippen LogP contribution in [-0.4, -0.2) is 26.4 Å². The van der Waals surface area contributed by atoms with E-state index in [-0.39, 0.29) is 17.1 Å². The maximum absolute atomic E-state index is 12.7. The van der Waals surface area contributed by atoms with E-state index in [0.29, 0.717) is 6.42 Å². The molecule has 0 spiro atoms. The van der Waals surface area contributed by atoms with Crippen molar-refractivity contribution in [1.29, 1.82) is 0 Å². The van der Waals surface area contributed by atoms with Crippen LogP contribution in [0.1, 0.15) is 44.9 Å². The average molecular weight is 308 g/mol. The third-order valence-corrected chi connectivity index (χ3v) is 6.05. The van der Waals surface area contributed by atoms with E-state index in [4.69, 9.17) is 11.6 Å². The fourth-order valence-electron chi connectivity index (χ4n) is 4.95. The van der Waals surface area contributed by atoms with Crippen LogP contribution in [0, 0.1) is 17.9 Å². The van der Waals surface area contributed by atoms with Gasteiger partial charge in [-0.15, -0.1) is 0 Å². The lowest BCUT2D eigenvalue weighted by molar-refractivity contribution is -0.137. The van der Waals surface area contributed by atoms with Crippen molar-refractivity contribution in [3.05, 3.63) is 41.1 Å². The molecule has 5 nitrogen and oxygen atoms in total. The van der Waals surface area contributed by atoms with Gasteiger partial charge < -0.3 is 4.85 Å². The van der Waals surface area contributed by atoms with Gasteiger partial charge in [-0.2, -0.15) is 5.10 Å². The molecule has 2 aromatic heterocycles. The third-order valence-electron chi connectivity index (χ3n) is 6.05. The molecule has 1 fully saturated rings. The van der Waals surface area contributed by atoms with E-state index in [2.05, 4.69) is 23.1 Å². The van der Waals surface area contributed by atoms with Gasteiger partial charge in [-0.3, -0.25) is 4.79 Å². The quantitative estimate of drug-likeness (QED) is 0.703. The van der Waals surface area contributed by atoms with E-state index >= 15 is 0 Å². The Morgan fingerprint density at radius 2 is 2.17 bits per heavy atom. The molecule has 2 aliphatic carbocycles. The number of hydrogen-bond acceptors (Lipinski definition) is 3. The number of nitrogens with zero attached hydrogens (tertiary/aromatic N) is 4. The van der Waals surface area contributed by atoms with Crippen LogP contribution in [0.5, 0.6) is 0 Å². The van der Waals surface area contributed by atoms with Gasteiger partial charge in [-0.1, -0.05) is 20.8 Å². The van der Waals surface area contributed by atoms with Crippen LogP contribution in [-0.2, 0) is 16.6 Å². The summed E-state index contributed by atoms with van der Waals surface area (Å²) in [6, 6.07) is 1.35. The minimum Gasteiger partial charge on any atom is -0.305 e. The second kappa shape index (κ2) is 4.41. The summed E-state index contributed by atoms with van der Waals surface area (Å²) in [5, 5.41) is 4.28. The van der Waals surface area contributed by atoms with Crippen molar-refractivity contribution in [1.82, 2.24) is 14.6 Å². The standard InChI is InChI=1S/C18H20N4O/c1-17(2)13-6-5-11-10-22-14(7-8-20-22)21-15(11)18(13,3)9-12(19-4)16(17)23/h7-8,10,12-13H,5-6,9H2,1-3H3/t12?,13-,18-/m0/s1. The number of hydrogen-bond donors (Lipinski definition) is 0. The van der Waals surface area contributed by atoms with E-state index in [1.165, 1.54) is 5.56 Å². The van der Waals surface area contributed by atoms with Crippen LogP contribution < -0.4 is 0 Å². The highest BCUT2D eigenvalue weighted by atomic mass is 16.1. The first-order valence-electron chi connectivity index (χ1n) is 8.12. The maximum atomic E-state index is 12.7. The van der Waals surface area contributed by atoms with Gasteiger partial charge in [-0.05, 0) is 24.3 Å². The SMILES string of the molecule is [C-]#[N+]C1C[C@]2(C)c3nc4ccnn4cc3CC[C@H]2C(C)(C)C1=O. The molecule has 2 aliphatic rings. The van der Waals surface area contributed by atoms with Crippen molar-refractivity contribution in [3.8, 4) is 0 Å². The molecule has 0 amide bonds. The van der Waals surface area contributed by atoms with Crippen molar-refractivity contribution in [3.63, 3.8) is 0 Å². The summed E-state index contributed by atoms with van der Waals surface area (Å²) in [6.45, 7) is 13.7. The summed E-state index contributed by atoms with van der Waals surface area (Å²) in [5.41, 5.74) is 2.39. The Morgan fingerprint density at radius 1 is 1.39 bits per heavy atom. The van der Waals surface area contributed by atoms with E-state index in [9.17, 15) is 4.79 Å². The first-order valence-corrected chi connectivity index (χ1v) is 8.12. The Bertz CT molecular complexity index is 860. The highest BCUT2D eigenvalue weighted by Gasteiger charge is 2.60. The summed E-state index contributed by atoms with van der Waals surface area (Å²) in [7, 11) is 0. The highest BCUT2D eigenvalue weighted by Crippen LogP contribution is 2.55. The summed E-state index contributed by atoms with van der Waals surface area (Å²) < 4.78 is 1.81. The number of carbonyl (C=O) groups excluding carboxylic acids is 1. The predicted octanol–water partition coefficient (Wildman–Crippen LogP) is 2.84. The van der Waals surface area contributed by atoms with Crippen molar-refractivity contribution in [2.24, 2.45) is 11.3 Å². The molecule has 1 unspecified atom stereocenters. The molecular formula is C18H20N4O. The van der Waals surface area contributed by atoms with Crippen LogP contribution in [0.25, 0.3) is 10.5 Å². The van der Waals surface area contributed by atoms with Crippen molar-refractivity contribution >= 4 is 11.4 Å². The molecule has 0 radical (unpaired) electrons. The van der Waals surface area contributed by atoms with E-state index in [0.717, 1.165) is 24.2 Å². The lowest BCUT2D eigenvalue weighted by Crippen LogP contribution is -2.57. The zero-order valence-corrected chi connectivity index (χ0v) is 13.7. The Morgan fingerprint density at radius 3 is 2.91 bits per heavy atom. The largest absolute Gasteiger partial charge is 0.305 e. The lowest BCUT2D eigenvalue weighted by atomic mass is 9.50. The number of Topliss-reactive ketones (excluding diaryl/α,β-unsaturated/α-hetero) is 1. The second-order valence-electron chi connectivity index (χ2n) is 7.69. The summed E-state index contributed by atoms with van der Waals surface area (Å²) >= 11 is 0. The van der Waals surface area contributed by atoms with Gasteiger partial charge in [-0.25, -0.2) is 16.1 Å². The molecule has 118 valence electrons. The third kappa shape index (κ3) is 1.75. The normalized spacial score (nSPS) is 32.2. The fraction of sp³-hybridized carbons (Fsp3) is 0.556. The molecule has 1 saturated carbocycles. The monoisotopic (exact) mass is 308 g/mol. The van der Waals surface area contributed by atoms with Crippen LogP contribution in [0.2, 0.25) is 0 Å². The van der Waals surface area contributed by atoms with Gasteiger partial charge in [0.15, 0.2) is 5.65 Å². The lowest BCUT2D eigenvalue weighted by Gasteiger charge is -2.52. The summed E-state index contributed by atoms with van der Waals surface area (Å²) in [5.74, 6) is 0.328.